The highest BCUT2D eigenvalue weighted by atomic mass is 79.9. The number of rotatable bonds is 7. The van der Waals surface area contributed by atoms with Gasteiger partial charge in [0.1, 0.15) is 0 Å². The quantitative estimate of drug-likeness (QED) is 0.805. The molecule has 1 aromatic heterocycles. The molecule has 1 unspecified atom stereocenters. The van der Waals surface area contributed by atoms with Gasteiger partial charge in [0.25, 0.3) is 0 Å². The van der Waals surface area contributed by atoms with Crippen molar-refractivity contribution in [2.75, 3.05) is 13.2 Å². The lowest BCUT2D eigenvalue weighted by molar-refractivity contribution is 0.160. The average Bonchev–Trinajstić information content (AvgIpc) is 2.70. The van der Waals surface area contributed by atoms with Crippen molar-refractivity contribution in [2.24, 2.45) is 0 Å². The molecule has 0 aliphatic rings. The van der Waals surface area contributed by atoms with Gasteiger partial charge in [0.05, 0.1) is 17.3 Å². The molecule has 0 amide bonds. The number of aliphatic hydroxyl groups excluding tert-OH is 1. The summed E-state index contributed by atoms with van der Waals surface area (Å²) >= 11 is 3.36. The normalized spacial score (nSPS) is 15.0. The van der Waals surface area contributed by atoms with Crippen LogP contribution in [0.5, 0.6) is 0 Å². The van der Waals surface area contributed by atoms with Crippen LogP contribution in [0.25, 0.3) is 0 Å². The molecule has 0 aliphatic heterocycles. The number of nitrogens with one attached hydrogen (secondary N) is 1. The minimum absolute atomic E-state index is 0.148. The summed E-state index contributed by atoms with van der Waals surface area (Å²) in [5.41, 5.74) is -0.214. The molecule has 1 aromatic rings. The number of aliphatic hydroxyl groups is 1. The Kier molecular flexibility index (Phi) is 5.44. The Balaban J connectivity index is 2.44. The van der Waals surface area contributed by atoms with Gasteiger partial charge in [-0.25, -0.2) is 0 Å². The van der Waals surface area contributed by atoms with Crippen molar-refractivity contribution in [2.45, 2.75) is 38.8 Å². The summed E-state index contributed by atoms with van der Waals surface area (Å²) < 4.78 is 2.87. The Morgan fingerprint density at radius 1 is 1.62 bits per heavy atom. The van der Waals surface area contributed by atoms with Crippen molar-refractivity contribution < 1.29 is 5.11 Å². The van der Waals surface area contributed by atoms with Gasteiger partial charge in [-0.2, -0.15) is 5.10 Å². The van der Waals surface area contributed by atoms with Crippen LogP contribution in [-0.4, -0.2) is 33.6 Å². The number of nitrogens with zero attached hydrogens (tertiary/aromatic N) is 2. The van der Waals surface area contributed by atoms with Crippen LogP contribution in [0.1, 0.15) is 26.7 Å². The van der Waals surface area contributed by atoms with E-state index in [1.165, 1.54) is 0 Å². The molecule has 1 atom stereocenters. The summed E-state index contributed by atoms with van der Waals surface area (Å²) in [7, 11) is 0. The molecule has 0 radical (unpaired) electrons. The summed E-state index contributed by atoms with van der Waals surface area (Å²) in [6.07, 6.45) is 5.65. The molecule has 0 fully saturated rings. The molecule has 16 heavy (non-hydrogen) atoms. The Bertz CT molecular complexity index is 316. The highest BCUT2D eigenvalue weighted by Gasteiger charge is 2.21. The predicted octanol–water partition coefficient (Wildman–Crippen LogP) is 1.79. The van der Waals surface area contributed by atoms with Crippen LogP contribution in [0.4, 0.5) is 0 Å². The fourth-order valence-corrected chi connectivity index (χ4v) is 1.80. The van der Waals surface area contributed by atoms with E-state index in [2.05, 4.69) is 33.3 Å². The second kappa shape index (κ2) is 6.37. The van der Waals surface area contributed by atoms with Crippen LogP contribution in [0.3, 0.4) is 0 Å². The molecule has 0 bridgehead atoms. The third-order valence-electron chi connectivity index (χ3n) is 2.65. The number of halogens is 1. The first kappa shape index (κ1) is 13.7. The number of aromatic nitrogens is 2. The average molecular weight is 290 g/mol. The molecule has 0 spiro atoms. The molecule has 0 aromatic carbocycles. The lowest BCUT2D eigenvalue weighted by Crippen LogP contribution is -2.46. The van der Waals surface area contributed by atoms with Gasteiger partial charge in [0, 0.05) is 18.3 Å². The molecule has 1 heterocycles. The maximum absolute atomic E-state index is 9.39. The molecule has 0 aliphatic carbocycles. The van der Waals surface area contributed by atoms with E-state index in [4.69, 9.17) is 0 Å². The zero-order valence-electron chi connectivity index (χ0n) is 9.91. The zero-order valence-corrected chi connectivity index (χ0v) is 11.5. The van der Waals surface area contributed by atoms with E-state index in [-0.39, 0.29) is 12.1 Å². The summed E-state index contributed by atoms with van der Waals surface area (Å²) in [5, 5.41) is 17.0. The van der Waals surface area contributed by atoms with Gasteiger partial charge < -0.3 is 10.4 Å². The van der Waals surface area contributed by atoms with Crippen molar-refractivity contribution in [1.29, 1.82) is 0 Å². The van der Waals surface area contributed by atoms with Crippen molar-refractivity contribution in [1.82, 2.24) is 15.1 Å². The third kappa shape index (κ3) is 4.23. The molecule has 1 rings (SSSR count). The largest absolute Gasteiger partial charge is 0.394 e. The van der Waals surface area contributed by atoms with Gasteiger partial charge in [-0.1, -0.05) is 6.92 Å². The minimum Gasteiger partial charge on any atom is -0.394 e. The molecule has 4 nitrogen and oxygen atoms in total. The van der Waals surface area contributed by atoms with Gasteiger partial charge in [-0.15, -0.1) is 0 Å². The smallest absolute Gasteiger partial charge is 0.0632 e. The van der Waals surface area contributed by atoms with Crippen LogP contribution in [-0.2, 0) is 6.54 Å². The summed E-state index contributed by atoms with van der Waals surface area (Å²) in [5.74, 6) is 0. The van der Waals surface area contributed by atoms with Crippen LogP contribution in [0.15, 0.2) is 16.9 Å². The fourth-order valence-electron chi connectivity index (χ4n) is 1.47. The molecule has 2 N–H and O–H groups in total. The predicted molar refractivity (Wildman–Crippen MR) is 68.3 cm³/mol. The summed E-state index contributed by atoms with van der Waals surface area (Å²) in [6.45, 7) is 6.05. The van der Waals surface area contributed by atoms with Gasteiger partial charge in [0.2, 0.25) is 0 Å². The van der Waals surface area contributed by atoms with Gasteiger partial charge in [-0.05, 0) is 42.2 Å². The van der Waals surface area contributed by atoms with E-state index in [1.807, 2.05) is 17.8 Å². The maximum atomic E-state index is 9.39. The molecule has 0 saturated carbocycles. The maximum Gasteiger partial charge on any atom is 0.0632 e. The second-order valence-corrected chi connectivity index (χ2v) is 5.23. The molecular formula is C11H20BrN3O. The van der Waals surface area contributed by atoms with Gasteiger partial charge in [0.15, 0.2) is 0 Å². The highest BCUT2D eigenvalue weighted by molar-refractivity contribution is 9.10. The zero-order chi connectivity index (χ0) is 12.0. The van der Waals surface area contributed by atoms with E-state index in [0.29, 0.717) is 0 Å². The van der Waals surface area contributed by atoms with Gasteiger partial charge >= 0.3 is 0 Å². The summed E-state index contributed by atoms with van der Waals surface area (Å²) in [4.78, 5) is 0. The number of hydrogen-bond acceptors (Lipinski definition) is 3. The topological polar surface area (TPSA) is 50.1 Å². The van der Waals surface area contributed by atoms with Crippen molar-refractivity contribution >= 4 is 15.9 Å². The Morgan fingerprint density at radius 2 is 2.38 bits per heavy atom. The Morgan fingerprint density at radius 3 is 2.88 bits per heavy atom. The second-order valence-electron chi connectivity index (χ2n) is 4.32. The molecule has 5 heteroatoms. The lowest BCUT2D eigenvalue weighted by atomic mass is 9.99. The first-order valence-corrected chi connectivity index (χ1v) is 6.43. The van der Waals surface area contributed by atoms with E-state index in [9.17, 15) is 5.11 Å². The standard InChI is InChI=1S/C11H20BrN3O/c1-3-5-13-11(2,9-16)4-6-15-8-10(12)7-14-15/h7-8,13,16H,3-6,9H2,1-2H3. The van der Waals surface area contributed by atoms with E-state index in [1.54, 1.807) is 6.20 Å². The van der Waals surface area contributed by atoms with Crippen molar-refractivity contribution in [3.05, 3.63) is 16.9 Å². The molecule has 0 saturated heterocycles. The number of hydrogen-bond donors (Lipinski definition) is 2. The van der Waals surface area contributed by atoms with Crippen LogP contribution in [0, 0.1) is 0 Å². The SMILES string of the molecule is CCCNC(C)(CO)CCn1cc(Br)cn1. The Labute approximate surface area is 105 Å². The van der Waals surface area contributed by atoms with Gasteiger partial charge in [-0.3, -0.25) is 4.68 Å². The Hall–Kier alpha value is -0.390. The van der Waals surface area contributed by atoms with Crippen LogP contribution < -0.4 is 5.32 Å². The fraction of sp³-hybridized carbons (Fsp3) is 0.727. The molecular weight excluding hydrogens is 270 g/mol. The van der Waals surface area contributed by atoms with Crippen LogP contribution in [0.2, 0.25) is 0 Å². The first-order chi connectivity index (χ1) is 7.59. The number of aryl methyl sites for hydroxylation is 1. The lowest BCUT2D eigenvalue weighted by Gasteiger charge is -2.28. The third-order valence-corrected chi connectivity index (χ3v) is 3.05. The van der Waals surface area contributed by atoms with E-state index in [0.717, 1.165) is 30.4 Å². The van der Waals surface area contributed by atoms with Crippen molar-refractivity contribution in [3.63, 3.8) is 0 Å². The minimum atomic E-state index is -0.214. The van der Waals surface area contributed by atoms with Crippen LogP contribution >= 0.6 is 15.9 Å². The summed E-state index contributed by atoms with van der Waals surface area (Å²) in [6, 6.07) is 0. The monoisotopic (exact) mass is 289 g/mol. The molecule has 92 valence electrons. The van der Waals surface area contributed by atoms with Crippen molar-refractivity contribution in [3.8, 4) is 0 Å². The highest BCUT2D eigenvalue weighted by Crippen LogP contribution is 2.12. The first-order valence-electron chi connectivity index (χ1n) is 5.63. The van der Waals surface area contributed by atoms with E-state index < -0.39 is 0 Å². The van der Waals surface area contributed by atoms with E-state index >= 15 is 0 Å².